The maximum Gasteiger partial charge on any atom is 0.302 e. The molecule has 0 aromatic heterocycles. The number of morpholine rings is 2. The lowest BCUT2D eigenvalue weighted by Gasteiger charge is -2.41. The van der Waals surface area contributed by atoms with Crippen LogP contribution >= 0.6 is 0 Å². The Morgan fingerprint density at radius 2 is 2.40 bits per heavy atom. The molecule has 2 aliphatic heterocycles. The summed E-state index contributed by atoms with van der Waals surface area (Å²) < 4.78 is 15.9. The fraction of sp³-hybridized carbons (Fsp3) is 0.900. The van der Waals surface area contributed by atoms with Crippen molar-refractivity contribution in [1.82, 2.24) is 4.90 Å². The van der Waals surface area contributed by atoms with E-state index in [0.717, 1.165) is 26.3 Å². The Morgan fingerprint density at radius 1 is 1.53 bits per heavy atom. The average Bonchev–Trinajstić information content (AvgIpc) is 2.26. The highest BCUT2D eigenvalue weighted by molar-refractivity contribution is 5.65. The molecule has 0 radical (unpaired) electrons. The number of rotatable bonds is 2. The predicted molar refractivity (Wildman–Crippen MR) is 52.6 cm³/mol. The second kappa shape index (κ2) is 4.92. The summed E-state index contributed by atoms with van der Waals surface area (Å²) in [7, 11) is 0. The average molecular weight is 215 g/mol. The van der Waals surface area contributed by atoms with Crippen LogP contribution in [0, 0.1) is 0 Å². The molecular formula is C10H17NO4. The van der Waals surface area contributed by atoms with Crippen molar-refractivity contribution in [3.63, 3.8) is 0 Å². The van der Waals surface area contributed by atoms with E-state index in [1.807, 2.05) is 0 Å². The first-order valence-electron chi connectivity index (χ1n) is 5.32. The van der Waals surface area contributed by atoms with Crippen molar-refractivity contribution in [3.05, 3.63) is 0 Å². The first kappa shape index (κ1) is 10.9. The Balaban J connectivity index is 1.78. The normalized spacial score (nSPS) is 32.1. The van der Waals surface area contributed by atoms with Crippen LogP contribution < -0.4 is 0 Å². The van der Waals surface area contributed by atoms with Gasteiger partial charge in [0.25, 0.3) is 0 Å². The molecule has 2 fully saturated rings. The summed E-state index contributed by atoms with van der Waals surface area (Å²) in [6.45, 7) is 5.77. The fourth-order valence-corrected chi connectivity index (χ4v) is 1.96. The van der Waals surface area contributed by atoms with Gasteiger partial charge in [0.15, 0.2) is 0 Å². The molecule has 2 saturated heterocycles. The van der Waals surface area contributed by atoms with Crippen LogP contribution in [0.15, 0.2) is 0 Å². The van der Waals surface area contributed by atoms with E-state index in [0.29, 0.717) is 19.3 Å². The van der Waals surface area contributed by atoms with Crippen molar-refractivity contribution >= 4 is 5.97 Å². The van der Waals surface area contributed by atoms with Gasteiger partial charge >= 0.3 is 5.97 Å². The van der Waals surface area contributed by atoms with Crippen molar-refractivity contribution in [1.29, 1.82) is 0 Å². The molecule has 0 unspecified atom stereocenters. The lowest BCUT2D eigenvalue weighted by Crippen LogP contribution is -2.56. The molecule has 2 rings (SSSR count). The van der Waals surface area contributed by atoms with Gasteiger partial charge in [-0.05, 0) is 0 Å². The van der Waals surface area contributed by atoms with Gasteiger partial charge in [-0.15, -0.1) is 0 Å². The van der Waals surface area contributed by atoms with Crippen LogP contribution in [0.4, 0.5) is 0 Å². The summed E-state index contributed by atoms with van der Waals surface area (Å²) in [5.41, 5.74) is 0. The molecule has 2 aliphatic rings. The standard InChI is InChI=1S/C10H17NO4/c1-8(12)14-7-10-4-11-2-3-13-5-9(11)6-15-10/h9-10H,2-7H2,1H3/t9-,10+/m0/s1. The third kappa shape index (κ3) is 2.90. The van der Waals surface area contributed by atoms with Crippen molar-refractivity contribution in [2.45, 2.75) is 19.1 Å². The Labute approximate surface area is 89.3 Å². The second-order valence-electron chi connectivity index (χ2n) is 3.98. The highest BCUT2D eigenvalue weighted by Crippen LogP contribution is 2.15. The minimum absolute atomic E-state index is 0.0169. The zero-order chi connectivity index (χ0) is 10.7. The van der Waals surface area contributed by atoms with E-state index in [1.54, 1.807) is 0 Å². The lowest BCUT2D eigenvalue weighted by molar-refractivity contribution is -0.156. The number of hydrogen-bond acceptors (Lipinski definition) is 5. The summed E-state index contributed by atoms with van der Waals surface area (Å²) in [6.07, 6.45) is 0.0169. The molecule has 0 aromatic carbocycles. The van der Waals surface area contributed by atoms with E-state index in [-0.39, 0.29) is 12.1 Å². The first-order valence-corrected chi connectivity index (χ1v) is 5.32. The van der Waals surface area contributed by atoms with Crippen LogP contribution in [0.2, 0.25) is 0 Å². The fourth-order valence-electron chi connectivity index (χ4n) is 1.96. The third-order valence-electron chi connectivity index (χ3n) is 2.78. The summed E-state index contributed by atoms with van der Waals surface area (Å²) >= 11 is 0. The number of esters is 1. The van der Waals surface area contributed by atoms with E-state index in [4.69, 9.17) is 14.2 Å². The third-order valence-corrected chi connectivity index (χ3v) is 2.78. The van der Waals surface area contributed by atoms with Crippen molar-refractivity contribution in [2.75, 3.05) is 39.5 Å². The molecule has 86 valence electrons. The number of carbonyl (C=O) groups is 1. The van der Waals surface area contributed by atoms with Gasteiger partial charge in [0.2, 0.25) is 0 Å². The quantitative estimate of drug-likeness (QED) is 0.589. The van der Waals surface area contributed by atoms with Gasteiger partial charge in [0.1, 0.15) is 12.7 Å². The number of hydrogen-bond donors (Lipinski definition) is 0. The van der Waals surface area contributed by atoms with E-state index >= 15 is 0 Å². The largest absolute Gasteiger partial charge is 0.463 e. The number of ether oxygens (including phenoxy) is 3. The molecule has 0 aliphatic carbocycles. The molecule has 5 nitrogen and oxygen atoms in total. The molecule has 0 N–H and O–H groups in total. The minimum Gasteiger partial charge on any atom is -0.463 e. The Morgan fingerprint density at radius 3 is 3.20 bits per heavy atom. The summed E-state index contributed by atoms with van der Waals surface area (Å²) in [5, 5.41) is 0. The molecule has 0 bridgehead atoms. The Kier molecular flexibility index (Phi) is 3.56. The highest BCUT2D eigenvalue weighted by atomic mass is 16.6. The zero-order valence-corrected chi connectivity index (χ0v) is 8.98. The van der Waals surface area contributed by atoms with Gasteiger partial charge in [0.05, 0.1) is 25.9 Å². The van der Waals surface area contributed by atoms with Crippen molar-refractivity contribution in [3.8, 4) is 0 Å². The van der Waals surface area contributed by atoms with Gasteiger partial charge in [-0.2, -0.15) is 0 Å². The van der Waals surface area contributed by atoms with E-state index in [9.17, 15) is 4.79 Å². The second-order valence-corrected chi connectivity index (χ2v) is 3.98. The van der Waals surface area contributed by atoms with E-state index < -0.39 is 0 Å². The van der Waals surface area contributed by atoms with Crippen molar-refractivity contribution in [2.24, 2.45) is 0 Å². The van der Waals surface area contributed by atoms with E-state index in [2.05, 4.69) is 4.90 Å². The Bertz CT molecular complexity index is 233. The summed E-state index contributed by atoms with van der Waals surface area (Å²) in [6, 6.07) is 0.382. The summed E-state index contributed by atoms with van der Waals surface area (Å²) in [4.78, 5) is 13.0. The molecule has 2 atom stereocenters. The van der Waals surface area contributed by atoms with E-state index in [1.165, 1.54) is 6.92 Å². The minimum atomic E-state index is -0.247. The molecule has 0 aromatic rings. The number of fused-ring (bicyclic) bond motifs is 1. The van der Waals surface area contributed by atoms with Crippen LogP contribution in [0.3, 0.4) is 0 Å². The molecule has 0 spiro atoms. The van der Waals surface area contributed by atoms with Crippen LogP contribution in [0.25, 0.3) is 0 Å². The maximum absolute atomic E-state index is 10.7. The zero-order valence-electron chi connectivity index (χ0n) is 8.98. The lowest BCUT2D eigenvalue weighted by atomic mass is 10.1. The van der Waals surface area contributed by atoms with Gasteiger partial charge in [0, 0.05) is 20.0 Å². The van der Waals surface area contributed by atoms with Crippen LogP contribution in [-0.2, 0) is 19.0 Å². The first-order chi connectivity index (χ1) is 7.25. The smallest absolute Gasteiger partial charge is 0.302 e. The molecule has 5 heteroatoms. The Hall–Kier alpha value is -0.650. The topological polar surface area (TPSA) is 48.0 Å². The number of nitrogens with zero attached hydrogens (tertiary/aromatic N) is 1. The highest BCUT2D eigenvalue weighted by Gasteiger charge is 2.31. The van der Waals surface area contributed by atoms with Crippen LogP contribution in [0.1, 0.15) is 6.92 Å². The van der Waals surface area contributed by atoms with Gasteiger partial charge in [-0.25, -0.2) is 0 Å². The van der Waals surface area contributed by atoms with Crippen LogP contribution in [-0.4, -0.2) is 62.5 Å². The molecule has 0 amide bonds. The predicted octanol–water partition coefficient (Wildman–Crippen LogP) is -0.351. The SMILES string of the molecule is CC(=O)OC[C@H]1CN2CCOC[C@H]2CO1. The van der Waals surface area contributed by atoms with Gasteiger partial charge in [-0.3, -0.25) is 9.69 Å². The molecule has 15 heavy (non-hydrogen) atoms. The van der Waals surface area contributed by atoms with Gasteiger partial charge in [-0.1, -0.05) is 0 Å². The van der Waals surface area contributed by atoms with Crippen molar-refractivity contribution < 1.29 is 19.0 Å². The maximum atomic E-state index is 10.7. The number of carbonyl (C=O) groups excluding carboxylic acids is 1. The van der Waals surface area contributed by atoms with Gasteiger partial charge < -0.3 is 14.2 Å². The molecule has 2 heterocycles. The molecule has 0 saturated carbocycles. The monoisotopic (exact) mass is 215 g/mol. The van der Waals surface area contributed by atoms with Crippen LogP contribution in [0.5, 0.6) is 0 Å². The molecular weight excluding hydrogens is 198 g/mol. The summed E-state index contributed by atoms with van der Waals surface area (Å²) in [5.74, 6) is -0.247.